The molecule has 3 aromatic rings. The van der Waals surface area contributed by atoms with E-state index in [1.165, 1.54) is 4.68 Å². The lowest BCUT2D eigenvalue weighted by Crippen LogP contribution is -2.22. The summed E-state index contributed by atoms with van der Waals surface area (Å²) < 4.78 is 3.66. The van der Waals surface area contributed by atoms with Crippen LogP contribution in [0.1, 0.15) is 24.7 Å². The normalized spacial score (nSPS) is 11.5. The maximum atomic E-state index is 12.9. The maximum absolute atomic E-state index is 12.9. The third-order valence-electron chi connectivity index (χ3n) is 3.71. The zero-order valence-electron chi connectivity index (χ0n) is 13.7. The number of rotatable bonds is 4. The number of hydrogen-bond acceptors (Lipinski definition) is 4. The molecule has 8 heteroatoms. The van der Waals surface area contributed by atoms with Crippen molar-refractivity contribution in [1.29, 1.82) is 0 Å². The van der Waals surface area contributed by atoms with Crippen molar-refractivity contribution in [2.45, 2.75) is 19.8 Å². The summed E-state index contributed by atoms with van der Waals surface area (Å²) in [5.74, 6) is 0.885. The first kappa shape index (κ1) is 19.7. The van der Waals surface area contributed by atoms with E-state index < -0.39 is 0 Å². The Balaban J connectivity index is 2.15. The molecule has 0 fully saturated rings. The molecule has 5 nitrogen and oxygen atoms in total. The van der Waals surface area contributed by atoms with E-state index in [2.05, 4.69) is 71.2 Å². The van der Waals surface area contributed by atoms with Gasteiger partial charge in [0.15, 0.2) is 0 Å². The summed E-state index contributed by atoms with van der Waals surface area (Å²) in [4.78, 5) is 17.5. The fourth-order valence-corrected chi connectivity index (χ4v) is 4.66. The largest absolute Gasteiger partial charge is 0.506 e. The quantitative estimate of drug-likeness (QED) is 0.327. The van der Waals surface area contributed by atoms with E-state index in [1.807, 2.05) is 31.2 Å². The third-order valence-corrected chi connectivity index (χ3v) is 5.85. The van der Waals surface area contributed by atoms with Crippen LogP contribution in [0.2, 0.25) is 0 Å². The van der Waals surface area contributed by atoms with Gasteiger partial charge < -0.3 is 5.11 Å². The number of nitrogens with zero attached hydrogens (tertiary/aromatic N) is 3. The Morgan fingerprint density at radius 3 is 2.62 bits per heavy atom. The number of fused-ring (bicyclic) bond motifs is 1. The Kier molecular flexibility index (Phi) is 6.33. The summed E-state index contributed by atoms with van der Waals surface area (Å²) in [5, 5.41) is 14.8. The molecule has 1 aromatic heterocycles. The van der Waals surface area contributed by atoms with Crippen LogP contribution in [-0.4, -0.2) is 21.0 Å². The zero-order valence-corrected chi connectivity index (χ0v) is 19.6. The van der Waals surface area contributed by atoms with E-state index in [1.54, 1.807) is 12.3 Å². The van der Waals surface area contributed by atoms with Crippen LogP contribution in [0.3, 0.4) is 0 Å². The van der Waals surface area contributed by atoms with E-state index >= 15 is 0 Å². The third kappa shape index (κ3) is 4.11. The number of phenolic OH excluding ortho intramolecular Hbond substituents is 1. The van der Waals surface area contributed by atoms with Crippen LogP contribution in [0.4, 0.5) is 0 Å². The van der Waals surface area contributed by atoms with E-state index in [9.17, 15) is 9.90 Å². The van der Waals surface area contributed by atoms with Gasteiger partial charge in [-0.05, 0) is 87.5 Å². The van der Waals surface area contributed by atoms with Gasteiger partial charge in [-0.15, -0.1) is 0 Å². The van der Waals surface area contributed by atoms with E-state index in [-0.39, 0.29) is 11.3 Å². The highest BCUT2D eigenvalue weighted by atomic mass is 127. The van der Waals surface area contributed by atoms with Crippen LogP contribution in [0.15, 0.2) is 44.7 Å². The van der Waals surface area contributed by atoms with E-state index in [0.717, 1.165) is 23.6 Å². The first-order chi connectivity index (χ1) is 12.4. The molecule has 0 aliphatic rings. The number of aryl methyl sites for hydroxylation is 1. The average Bonchev–Trinajstić information content (AvgIpc) is 2.60. The van der Waals surface area contributed by atoms with Crippen LogP contribution in [0.25, 0.3) is 10.9 Å². The van der Waals surface area contributed by atoms with Crippen molar-refractivity contribution in [2.75, 3.05) is 0 Å². The number of aromatic hydroxyl groups is 1. The van der Waals surface area contributed by atoms with Crippen molar-refractivity contribution in [3.8, 4) is 5.75 Å². The standard InChI is InChI=1S/C18H14BrI2N3O2/c1-2-3-16-23-15-5-4-11(19)8-12(15)18(26)24(16)22-9-10-6-13(20)17(25)14(21)7-10/h4-9,25H,2-3H2,1H3. The second-order valence-electron chi connectivity index (χ2n) is 5.63. The lowest BCUT2D eigenvalue weighted by molar-refractivity contribution is 0.467. The molecule has 0 amide bonds. The molecule has 1 heterocycles. The summed E-state index contributed by atoms with van der Waals surface area (Å²) in [6, 6.07) is 9.10. The molecule has 0 aliphatic carbocycles. The van der Waals surface area contributed by atoms with Crippen molar-refractivity contribution < 1.29 is 5.11 Å². The molecule has 0 bridgehead atoms. The molecule has 134 valence electrons. The molecule has 0 unspecified atom stereocenters. The van der Waals surface area contributed by atoms with Gasteiger partial charge in [-0.3, -0.25) is 4.79 Å². The summed E-state index contributed by atoms with van der Waals surface area (Å²) in [5.41, 5.74) is 1.28. The highest BCUT2D eigenvalue weighted by molar-refractivity contribution is 14.1. The highest BCUT2D eigenvalue weighted by Crippen LogP contribution is 2.26. The number of benzene rings is 2. The lowest BCUT2D eigenvalue weighted by atomic mass is 10.2. The smallest absolute Gasteiger partial charge is 0.282 e. The topological polar surface area (TPSA) is 67.5 Å². The van der Waals surface area contributed by atoms with Crippen LogP contribution in [-0.2, 0) is 6.42 Å². The molecule has 0 atom stereocenters. The minimum Gasteiger partial charge on any atom is -0.506 e. The van der Waals surface area contributed by atoms with Crippen molar-refractivity contribution >= 4 is 78.2 Å². The van der Waals surface area contributed by atoms with E-state index in [0.29, 0.717) is 23.1 Å². The first-order valence-corrected chi connectivity index (χ1v) is 10.8. The molecular formula is C18H14BrI2N3O2. The Morgan fingerprint density at radius 1 is 1.27 bits per heavy atom. The Labute approximate surface area is 185 Å². The van der Waals surface area contributed by atoms with Gasteiger partial charge in [0, 0.05) is 10.9 Å². The van der Waals surface area contributed by atoms with Crippen LogP contribution in [0.5, 0.6) is 5.75 Å². The summed E-state index contributed by atoms with van der Waals surface area (Å²) in [6.07, 6.45) is 3.14. The predicted octanol–water partition coefficient (Wildman–Crippen LogP) is 4.91. The molecule has 0 saturated heterocycles. The van der Waals surface area contributed by atoms with Crippen molar-refractivity contribution in [3.63, 3.8) is 0 Å². The summed E-state index contributed by atoms with van der Waals surface area (Å²) >= 11 is 7.54. The van der Waals surface area contributed by atoms with Gasteiger partial charge in [-0.2, -0.15) is 9.78 Å². The molecular weight excluding hydrogens is 624 g/mol. The Morgan fingerprint density at radius 2 is 1.96 bits per heavy atom. The molecule has 0 saturated carbocycles. The molecule has 0 radical (unpaired) electrons. The average molecular weight is 638 g/mol. The number of hydrogen-bond donors (Lipinski definition) is 1. The predicted molar refractivity (Wildman–Crippen MR) is 124 cm³/mol. The second-order valence-corrected chi connectivity index (χ2v) is 8.87. The van der Waals surface area contributed by atoms with E-state index in [4.69, 9.17) is 0 Å². The molecule has 26 heavy (non-hydrogen) atoms. The van der Waals surface area contributed by atoms with Gasteiger partial charge in [0.05, 0.1) is 24.3 Å². The number of aromatic nitrogens is 2. The van der Waals surface area contributed by atoms with Gasteiger partial charge >= 0.3 is 0 Å². The lowest BCUT2D eigenvalue weighted by Gasteiger charge is -2.09. The van der Waals surface area contributed by atoms with Gasteiger partial charge in [0.2, 0.25) is 0 Å². The Bertz CT molecular complexity index is 1060. The van der Waals surface area contributed by atoms with Crippen LogP contribution in [0, 0.1) is 7.14 Å². The second kappa shape index (κ2) is 8.34. The highest BCUT2D eigenvalue weighted by Gasteiger charge is 2.11. The molecule has 2 aromatic carbocycles. The van der Waals surface area contributed by atoms with Crippen molar-refractivity contribution in [1.82, 2.24) is 9.66 Å². The van der Waals surface area contributed by atoms with Gasteiger partial charge in [-0.25, -0.2) is 4.98 Å². The van der Waals surface area contributed by atoms with Gasteiger partial charge in [-0.1, -0.05) is 22.9 Å². The fraction of sp³-hybridized carbons (Fsp3) is 0.167. The monoisotopic (exact) mass is 637 g/mol. The fourth-order valence-electron chi connectivity index (χ4n) is 2.48. The summed E-state index contributed by atoms with van der Waals surface area (Å²) in [6.45, 7) is 2.04. The molecule has 0 spiro atoms. The van der Waals surface area contributed by atoms with Gasteiger partial charge in [0.25, 0.3) is 5.56 Å². The Hall–Kier alpha value is -1.01. The first-order valence-electron chi connectivity index (χ1n) is 7.84. The van der Waals surface area contributed by atoms with Crippen molar-refractivity contribution in [2.24, 2.45) is 5.10 Å². The molecule has 3 rings (SSSR count). The molecule has 0 aliphatic heterocycles. The SMILES string of the molecule is CCCc1nc2ccc(Br)cc2c(=O)n1N=Cc1cc(I)c(O)c(I)c1. The van der Waals surface area contributed by atoms with Gasteiger partial charge in [0.1, 0.15) is 11.6 Å². The maximum Gasteiger partial charge on any atom is 0.282 e. The minimum atomic E-state index is -0.195. The molecule has 1 N–H and O–H groups in total. The van der Waals surface area contributed by atoms with Crippen LogP contribution >= 0.6 is 61.1 Å². The zero-order chi connectivity index (χ0) is 18.8. The van der Waals surface area contributed by atoms with Crippen molar-refractivity contribution in [3.05, 3.63) is 63.7 Å². The number of phenols is 1. The minimum absolute atomic E-state index is 0.195. The summed E-state index contributed by atoms with van der Waals surface area (Å²) in [7, 11) is 0. The number of halogens is 3. The van der Waals surface area contributed by atoms with Crippen LogP contribution < -0.4 is 5.56 Å².